The second-order valence-electron chi connectivity index (χ2n) is 8.64. The number of aromatic hydroxyl groups is 1. The van der Waals surface area contributed by atoms with Crippen molar-refractivity contribution in [2.45, 2.75) is 19.9 Å². The van der Waals surface area contributed by atoms with Crippen LogP contribution in [0.4, 0.5) is 0 Å². The molecule has 9 heteroatoms. The normalized spacial score (nSPS) is 15.3. The molecule has 38 heavy (non-hydrogen) atoms. The van der Waals surface area contributed by atoms with Crippen LogP contribution in [0, 0.1) is 0 Å². The van der Waals surface area contributed by atoms with E-state index in [1.165, 1.54) is 24.5 Å². The number of hydrogen-bond donors (Lipinski definition) is 1. The lowest BCUT2D eigenvalue weighted by Gasteiger charge is -2.26. The van der Waals surface area contributed by atoms with E-state index < -0.39 is 12.0 Å². The van der Waals surface area contributed by atoms with E-state index in [2.05, 4.69) is 4.99 Å². The van der Waals surface area contributed by atoms with E-state index in [-0.39, 0.29) is 17.9 Å². The lowest BCUT2D eigenvalue weighted by atomic mass is 9.91. The molecule has 0 saturated carbocycles. The molecule has 8 nitrogen and oxygen atoms in total. The number of rotatable bonds is 6. The third-order valence-electron chi connectivity index (χ3n) is 6.45. The maximum Gasteiger partial charge on any atom is 0.338 e. The number of nitrogens with zero attached hydrogens (tertiary/aromatic N) is 2. The molecular weight excluding hydrogens is 504 g/mol. The summed E-state index contributed by atoms with van der Waals surface area (Å²) in [4.78, 5) is 32.3. The van der Waals surface area contributed by atoms with Gasteiger partial charge in [0.1, 0.15) is 5.75 Å². The van der Waals surface area contributed by atoms with Crippen LogP contribution >= 0.6 is 11.3 Å². The van der Waals surface area contributed by atoms with Crippen molar-refractivity contribution >= 4 is 34.2 Å². The van der Waals surface area contributed by atoms with Gasteiger partial charge in [-0.2, -0.15) is 0 Å². The molecular formula is C29H26N2O6S. The molecule has 5 rings (SSSR count). The molecule has 4 aromatic rings. The Morgan fingerprint density at radius 2 is 1.82 bits per heavy atom. The fourth-order valence-electron chi connectivity index (χ4n) is 4.73. The Balaban J connectivity index is 1.80. The van der Waals surface area contributed by atoms with Crippen LogP contribution in [-0.2, 0) is 9.53 Å². The SMILES string of the molecule is CCOC(=O)C1=C(C)N=c2s/c(=C\c3ccc(O)c(OC)c3)c(=O)n2C1c1ccc(OC)c2ccccc12. The Bertz CT molecular complexity index is 1780. The van der Waals surface area contributed by atoms with Crippen molar-refractivity contribution in [3.63, 3.8) is 0 Å². The minimum atomic E-state index is -0.752. The summed E-state index contributed by atoms with van der Waals surface area (Å²) in [5.41, 5.74) is 1.95. The Kier molecular flexibility index (Phi) is 6.77. The van der Waals surface area contributed by atoms with Crippen molar-refractivity contribution in [1.29, 1.82) is 0 Å². The number of esters is 1. The van der Waals surface area contributed by atoms with Gasteiger partial charge < -0.3 is 19.3 Å². The molecule has 1 aliphatic heterocycles. The number of aromatic nitrogens is 1. The molecule has 0 fully saturated rings. The lowest BCUT2D eigenvalue weighted by molar-refractivity contribution is -0.139. The zero-order chi connectivity index (χ0) is 27.0. The number of hydrogen-bond acceptors (Lipinski definition) is 8. The number of fused-ring (bicyclic) bond motifs is 2. The van der Waals surface area contributed by atoms with E-state index in [0.29, 0.717) is 37.7 Å². The predicted molar refractivity (Wildman–Crippen MR) is 146 cm³/mol. The first-order valence-electron chi connectivity index (χ1n) is 12.0. The van der Waals surface area contributed by atoms with Crippen molar-refractivity contribution in [2.75, 3.05) is 20.8 Å². The number of benzene rings is 3. The molecule has 1 unspecified atom stereocenters. The van der Waals surface area contributed by atoms with Gasteiger partial charge in [-0.25, -0.2) is 9.79 Å². The number of carbonyl (C=O) groups is 1. The summed E-state index contributed by atoms with van der Waals surface area (Å²) in [5, 5.41) is 11.7. The van der Waals surface area contributed by atoms with Crippen LogP contribution in [0.5, 0.6) is 17.2 Å². The van der Waals surface area contributed by atoms with Crippen LogP contribution in [-0.4, -0.2) is 36.5 Å². The zero-order valence-corrected chi connectivity index (χ0v) is 22.2. The zero-order valence-electron chi connectivity index (χ0n) is 21.3. The summed E-state index contributed by atoms with van der Waals surface area (Å²) in [6.07, 6.45) is 1.72. The van der Waals surface area contributed by atoms with Crippen LogP contribution in [0.3, 0.4) is 0 Å². The Morgan fingerprint density at radius 3 is 2.53 bits per heavy atom. The number of allylic oxidation sites excluding steroid dienone is 1. The summed E-state index contributed by atoms with van der Waals surface area (Å²) >= 11 is 1.23. The van der Waals surface area contributed by atoms with Crippen LogP contribution in [0.15, 0.2) is 75.7 Å². The van der Waals surface area contributed by atoms with Crippen LogP contribution in [0.2, 0.25) is 0 Å². The molecule has 194 valence electrons. The summed E-state index contributed by atoms with van der Waals surface area (Å²) < 4.78 is 18.2. The van der Waals surface area contributed by atoms with Gasteiger partial charge >= 0.3 is 5.97 Å². The van der Waals surface area contributed by atoms with Gasteiger partial charge in [-0.05, 0) is 54.6 Å². The van der Waals surface area contributed by atoms with Gasteiger partial charge in [-0.15, -0.1) is 0 Å². The van der Waals surface area contributed by atoms with E-state index >= 15 is 0 Å². The van der Waals surface area contributed by atoms with Crippen molar-refractivity contribution in [2.24, 2.45) is 4.99 Å². The Hall–Kier alpha value is -4.37. The largest absolute Gasteiger partial charge is 0.504 e. The number of thiazole rings is 1. The maximum atomic E-state index is 13.9. The molecule has 0 amide bonds. The topological polar surface area (TPSA) is 99.4 Å². The molecule has 1 aromatic heterocycles. The van der Waals surface area contributed by atoms with E-state index in [0.717, 1.165) is 16.3 Å². The van der Waals surface area contributed by atoms with Crippen molar-refractivity contribution in [3.05, 3.63) is 96.7 Å². The highest BCUT2D eigenvalue weighted by Gasteiger charge is 2.34. The fraction of sp³-hybridized carbons (Fsp3) is 0.207. The van der Waals surface area contributed by atoms with E-state index in [9.17, 15) is 14.7 Å². The molecule has 3 aromatic carbocycles. The highest BCUT2D eigenvalue weighted by atomic mass is 32.1. The van der Waals surface area contributed by atoms with Gasteiger partial charge in [-0.1, -0.05) is 47.7 Å². The second kappa shape index (κ2) is 10.2. The molecule has 0 bridgehead atoms. The average molecular weight is 531 g/mol. The number of ether oxygens (including phenoxy) is 3. The smallest absolute Gasteiger partial charge is 0.338 e. The first kappa shape index (κ1) is 25.3. The summed E-state index contributed by atoms with van der Waals surface area (Å²) in [5.74, 6) is 0.481. The molecule has 2 heterocycles. The van der Waals surface area contributed by atoms with E-state index in [1.54, 1.807) is 43.7 Å². The van der Waals surface area contributed by atoms with Gasteiger partial charge in [0, 0.05) is 5.39 Å². The molecule has 0 saturated heterocycles. The first-order chi connectivity index (χ1) is 18.4. The quantitative estimate of drug-likeness (QED) is 0.382. The Morgan fingerprint density at radius 1 is 1.08 bits per heavy atom. The average Bonchev–Trinajstić information content (AvgIpc) is 3.22. The van der Waals surface area contributed by atoms with Gasteiger partial charge in [0.15, 0.2) is 16.3 Å². The molecule has 0 spiro atoms. The second-order valence-corrected chi connectivity index (χ2v) is 9.65. The number of carbonyl (C=O) groups excluding carboxylic acids is 1. The van der Waals surface area contributed by atoms with Gasteiger partial charge in [0.05, 0.1) is 42.7 Å². The number of phenolic OH excluding ortho intramolecular Hbond substituents is 1. The van der Waals surface area contributed by atoms with E-state index in [1.807, 2.05) is 36.4 Å². The predicted octanol–water partition coefficient (Wildman–Crippen LogP) is 3.67. The molecule has 1 N–H and O–H groups in total. The number of phenols is 1. The van der Waals surface area contributed by atoms with Crippen molar-refractivity contribution < 1.29 is 24.1 Å². The molecule has 0 aliphatic carbocycles. The van der Waals surface area contributed by atoms with Crippen LogP contribution in [0.25, 0.3) is 16.8 Å². The van der Waals surface area contributed by atoms with Crippen LogP contribution in [0.1, 0.15) is 31.0 Å². The first-order valence-corrected chi connectivity index (χ1v) is 12.8. The van der Waals surface area contributed by atoms with Gasteiger partial charge in [-0.3, -0.25) is 9.36 Å². The summed E-state index contributed by atoms with van der Waals surface area (Å²) in [7, 11) is 3.07. The van der Waals surface area contributed by atoms with Gasteiger partial charge in [0.25, 0.3) is 5.56 Å². The summed E-state index contributed by atoms with van der Waals surface area (Å²) in [6.45, 7) is 3.69. The third kappa shape index (κ3) is 4.24. The monoisotopic (exact) mass is 530 g/mol. The minimum absolute atomic E-state index is 0.00666. The van der Waals surface area contributed by atoms with Crippen molar-refractivity contribution in [3.8, 4) is 17.2 Å². The standard InChI is InChI=1S/C29H26N2O6S/c1-5-37-28(34)25-16(2)30-29-31(26(25)20-11-13-22(35-3)19-9-7-6-8-18(19)20)27(33)24(38-29)15-17-10-12-21(32)23(14-17)36-4/h6-15,26,32H,5H2,1-4H3/b24-15-. The van der Waals surface area contributed by atoms with Crippen molar-refractivity contribution in [1.82, 2.24) is 4.57 Å². The summed E-state index contributed by atoms with van der Waals surface area (Å²) in [6, 6.07) is 15.5. The molecule has 1 aliphatic rings. The molecule has 1 atom stereocenters. The third-order valence-corrected chi connectivity index (χ3v) is 7.43. The fourth-order valence-corrected chi connectivity index (χ4v) is 5.78. The number of methoxy groups -OCH3 is 2. The highest BCUT2D eigenvalue weighted by molar-refractivity contribution is 7.07. The molecule has 0 radical (unpaired) electrons. The van der Waals surface area contributed by atoms with Gasteiger partial charge in [0.2, 0.25) is 0 Å². The lowest BCUT2D eigenvalue weighted by Crippen LogP contribution is -2.40. The maximum absolute atomic E-state index is 13.9. The van der Waals surface area contributed by atoms with Crippen LogP contribution < -0.4 is 24.4 Å². The van der Waals surface area contributed by atoms with E-state index in [4.69, 9.17) is 14.2 Å². The Labute approximate surface area is 222 Å². The highest BCUT2D eigenvalue weighted by Crippen LogP contribution is 2.38. The minimum Gasteiger partial charge on any atom is -0.504 e.